The Hall–Kier alpha value is -4.23. The molecule has 5 heterocycles. The second-order valence-corrected chi connectivity index (χ2v) is 15.7. The lowest BCUT2D eigenvalue weighted by Gasteiger charge is -2.41. The Morgan fingerprint density at radius 3 is 2.76 bits per heavy atom. The molecule has 1 aliphatic carbocycles. The monoisotopic (exact) mass is 747 g/mol. The number of aryl methyl sites for hydroxylation is 1. The summed E-state index contributed by atoms with van der Waals surface area (Å²) >= 11 is 0. The molecule has 0 amide bonds. The summed E-state index contributed by atoms with van der Waals surface area (Å²) in [5.41, 5.74) is 0.252. The van der Waals surface area contributed by atoms with Crippen molar-refractivity contribution in [2.75, 3.05) is 58.2 Å². The quantitative estimate of drug-likeness (QED) is 0.101. The molecule has 8 rings (SSSR count). The minimum atomic E-state index is -0.931. The van der Waals surface area contributed by atoms with Crippen molar-refractivity contribution < 1.29 is 36.9 Å². The molecule has 2 bridgehead atoms. The Bertz CT molecular complexity index is 2070. The predicted octanol–water partition coefficient (Wildman–Crippen LogP) is 7.57. The van der Waals surface area contributed by atoms with Gasteiger partial charge in [0.1, 0.15) is 41.4 Å². The Balaban J connectivity index is 1.24. The summed E-state index contributed by atoms with van der Waals surface area (Å²) < 4.78 is 69.9. The van der Waals surface area contributed by atoms with E-state index in [-0.39, 0.29) is 42.0 Å². The van der Waals surface area contributed by atoms with Crippen molar-refractivity contribution in [1.29, 1.82) is 0 Å². The van der Waals surface area contributed by atoms with E-state index in [0.29, 0.717) is 96.7 Å². The fourth-order valence-corrected chi connectivity index (χ4v) is 9.87. The van der Waals surface area contributed by atoms with Gasteiger partial charge in [-0.25, -0.2) is 13.2 Å². The molecule has 2 unspecified atom stereocenters. The topological polar surface area (TPSA) is 99.1 Å². The lowest BCUT2D eigenvalue weighted by Crippen LogP contribution is -2.44. The molecule has 288 valence electrons. The number of esters is 1. The molecule has 10 nitrogen and oxygen atoms in total. The van der Waals surface area contributed by atoms with Crippen molar-refractivity contribution in [3.8, 4) is 23.0 Å². The van der Waals surface area contributed by atoms with Gasteiger partial charge in [0.15, 0.2) is 12.6 Å². The molecule has 0 N–H and O–H groups in total. The number of halogens is 3. The number of pyridine rings is 1. The Labute approximate surface area is 313 Å². The number of carbonyl (C=O) groups is 1. The van der Waals surface area contributed by atoms with E-state index >= 15 is 8.78 Å². The molecule has 4 atom stereocenters. The van der Waals surface area contributed by atoms with Crippen molar-refractivity contribution in [2.45, 2.75) is 83.3 Å². The number of rotatable bonds is 13. The number of hydrogen-bond acceptors (Lipinski definition) is 10. The zero-order valence-corrected chi connectivity index (χ0v) is 31.3. The summed E-state index contributed by atoms with van der Waals surface area (Å²) in [4.78, 5) is 31.1. The van der Waals surface area contributed by atoms with Crippen LogP contribution < -0.4 is 14.4 Å². The minimum Gasteiger partial charge on any atom is -0.468 e. The number of carbonyl (C=O) groups excluding carboxylic acids is 1. The van der Waals surface area contributed by atoms with Crippen molar-refractivity contribution in [2.24, 2.45) is 11.3 Å². The van der Waals surface area contributed by atoms with E-state index in [0.717, 1.165) is 38.6 Å². The van der Waals surface area contributed by atoms with E-state index < -0.39 is 23.3 Å². The van der Waals surface area contributed by atoms with Crippen LogP contribution in [0.4, 0.5) is 19.0 Å². The first-order valence-corrected chi connectivity index (χ1v) is 19.3. The standard InChI is InChI=1S/C41H48F3N5O5/c1-4-29-32(43)8-7-26-15-28(54-24-51-3)16-30(34(26)29)36-35(44)37-31(19-45-36)38(47-39(46-37)53-23-41-11-6-14-49(41)21-27(42)18-41)48-20-25-9-12-40(17-25,22-48)13-10-33(50)52-5-2/h7-8,15-16,19,25,27H,4-6,9-14,17-18,20-24H2,1-3H3/t25?,27-,40?,41+/m1/s1. The third kappa shape index (κ3) is 6.71. The number of nitrogens with zero attached hydrogens (tertiary/aromatic N) is 5. The molecular formula is C41H48F3N5O5. The van der Waals surface area contributed by atoms with E-state index in [9.17, 15) is 9.18 Å². The molecule has 4 fully saturated rings. The molecule has 0 spiro atoms. The highest BCUT2D eigenvalue weighted by atomic mass is 19.1. The van der Waals surface area contributed by atoms with Crippen LogP contribution in [0.2, 0.25) is 0 Å². The number of aromatic nitrogens is 3. The molecule has 3 aliphatic heterocycles. The average Bonchev–Trinajstić information content (AvgIpc) is 3.80. The number of piperidine rings is 1. The van der Waals surface area contributed by atoms with Gasteiger partial charge >= 0.3 is 12.0 Å². The lowest BCUT2D eigenvalue weighted by molar-refractivity contribution is -0.143. The van der Waals surface area contributed by atoms with Crippen LogP contribution in [0.25, 0.3) is 32.9 Å². The van der Waals surface area contributed by atoms with E-state index in [2.05, 4.69) is 9.80 Å². The summed E-state index contributed by atoms with van der Waals surface area (Å²) in [7, 11) is 1.51. The summed E-state index contributed by atoms with van der Waals surface area (Å²) in [6, 6.07) is 6.51. The zero-order chi connectivity index (χ0) is 37.6. The van der Waals surface area contributed by atoms with Crippen molar-refractivity contribution in [3.63, 3.8) is 0 Å². The van der Waals surface area contributed by atoms with Crippen LogP contribution in [-0.2, 0) is 20.7 Å². The molecule has 4 aliphatic rings. The number of benzene rings is 2. The first kappa shape index (κ1) is 36.7. The molecule has 2 aromatic heterocycles. The van der Waals surface area contributed by atoms with Crippen molar-refractivity contribution in [1.82, 2.24) is 19.9 Å². The van der Waals surface area contributed by atoms with Crippen molar-refractivity contribution in [3.05, 3.63) is 47.7 Å². The molecule has 13 heteroatoms. The van der Waals surface area contributed by atoms with Gasteiger partial charge in [-0.2, -0.15) is 9.97 Å². The van der Waals surface area contributed by atoms with Gasteiger partial charge in [-0.05, 0) is 104 Å². The summed E-state index contributed by atoms with van der Waals surface area (Å²) in [6.07, 6.45) is 7.19. The van der Waals surface area contributed by atoms with Gasteiger partial charge in [0.2, 0.25) is 0 Å². The smallest absolute Gasteiger partial charge is 0.319 e. The van der Waals surface area contributed by atoms with E-state index in [1.54, 1.807) is 24.4 Å². The maximum Gasteiger partial charge on any atom is 0.319 e. The van der Waals surface area contributed by atoms with Gasteiger partial charge < -0.3 is 23.8 Å². The molecular weight excluding hydrogens is 699 g/mol. The number of alkyl halides is 1. The van der Waals surface area contributed by atoms with Crippen LogP contribution in [0.15, 0.2) is 30.5 Å². The predicted molar refractivity (Wildman–Crippen MR) is 198 cm³/mol. The zero-order valence-electron chi connectivity index (χ0n) is 31.3. The minimum absolute atomic E-state index is 0.00693. The van der Waals surface area contributed by atoms with Crippen LogP contribution >= 0.6 is 0 Å². The SMILES string of the molecule is CCOC(=O)CCC12CCC(CN(c3nc(OC[C@@]45CCCN4C[C@H](F)C5)nc4c(F)c(-c5cc(OCOC)cc6ccc(F)c(CC)c56)ncc34)C1)C2. The lowest BCUT2D eigenvalue weighted by atomic mass is 9.78. The molecule has 3 saturated heterocycles. The fourth-order valence-electron chi connectivity index (χ4n) is 9.87. The first-order chi connectivity index (χ1) is 26.1. The summed E-state index contributed by atoms with van der Waals surface area (Å²) in [5.74, 6) is 0.0200. The number of anilines is 1. The van der Waals surface area contributed by atoms with Gasteiger partial charge in [-0.1, -0.05) is 13.0 Å². The number of ether oxygens (including phenoxy) is 4. The van der Waals surface area contributed by atoms with Gasteiger partial charge in [0.25, 0.3) is 0 Å². The van der Waals surface area contributed by atoms with Crippen LogP contribution in [-0.4, -0.2) is 90.8 Å². The second kappa shape index (κ2) is 14.8. The van der Waals surface area contributed by atoms with Gasteiger partial charge in [0, 0.05) is 51.3 Å². The number of hydrogen-bond donors (Lipinski definition) is 0. The van der Waals surface area contributed by atoms with Crippen molar-refractivity contribution >= 4 is 33.5 Å². The average molecular weight is 748 g/mol. The second-order valence-electron chi connectivity index (χ2n) is 15.7. The van der Waals surface area contributed by atoms with Crippen LogP contribution in [0.5, 0.6) is 11.8 Å². The van der Waals surface area contributed by atoms with Gasteiger partial charge in [-0.3, -0.25) is 14.7 Å². The molecule has 2 aromatic carbocycles. The maximum atomic E-state index is 17.4. The molecule has 54 heavy (non-hydrogen) atoms. The highest BCUT2D eigenvalue weighted by molar-refractivity contribution is 6.02. The summed E-state index contributed by atoms with van der Waals surface area (Å²) in [5, 5.41) is 1.64. The normalized spacial score (nSPS) is 25.1. The highest BCUT2D eigenvalue weighted by Crippen LogP contribution is 2.51. The number of methoxy groups -OCH3 is 1. The van der Waals surface area contributed by atoms with Crippen LogP contribution in [0, 0.1) is 23.0 Å². The van der Waals surface area contributed by atoms with E-state index in [1.165, 1.54) is 13.2 Å². The molecule has 0 radical (unpaired) electrons. The largest absolute Gasteiger partial charge is 0.468 e. The van der Waals surface area contributed by atoms with Crippen LogP contribution in [0.1, 0.15) is 70.8 Å². The third-order valence-electron chi connectivity index (χ3n) is 12.2. The highest BCUT2D eigenvalue weighted by Gasteiger charge is 2.50. The molecule has 4 aromatic rings. The Kier molecular flexibility index (Phi) is 10.1. The van der Waals surface area contributed by atoms with Gasteiger partial charge in [-0.15, -0.1) is 0 Å². The van der Waals surface area contributed by atoms with E-state index in [4.69, 9.17) is 33.9 Å². The van der Waals surface area contributed by atoms with E-state index in [1.807, 2.05) is 13.8 Å². The Morgan fingerprint density at radius 2 is 1.94 bits per heavy atom. The third-order valence-corrected chi connectivity index (χ3v) is 12.2. The Morgan fingerprint density at radius 1 is 1.07 bits per heavy atom. The molecule has 1 saturated carbocycles. The first-order valence-electron chi connectivity index (χ1n) is 19.3. The number of fused-ring (bicyclic) bond motifs is 5. The summed E-state index contributed by atoms with van der Waals surface area (Å²) in [6.45, 7) is 6.69. The fraction of sp³-hybridized carbons (Fsp3) is 0.561. The van der Waals surface area contributed by atoms with Crippen LogP contribution in [0.3, 0.4) is 0 Å². The maximum absolute atomic E-state index is 17.4. The van der Waals surface area contributed by atoms with Gasteiger partial charge in [0.05, 0.1) is 17.5 Å².